The first-order valence-electron chi connectivity index (χ1n) is 7.10. The summed E-state index contributed by atoms with van der Waals surface area (Å²) in [6, 6.07) is 15.2. The number of hydrogen-bond acceptors (Lipinski definition) is 5. The summed E-state index contributed by atoms with van der Waals surface area (Å²) < 4.78 is 5.60. The van der Waals surface area contributed by atoms with Gasteiger partial charge >= 0.3 is 0 Å². The van der Waals surface area contributed by atoms with Crippen LogP contribution < -0.4 is 10.1 Å². The van der Waals surface area contributed by atoms with Crippen LogP contribution in [0.1, 0.15) is 20.9 Å². The minimum absolute atomic E-state index is 0.245. The number of ether oxygens (including phenoxy) is 1. The second kappa shape index (κ2) is 7.51. The largest absolute Gasteiger partial charge is 0.473 e. The minimum Gasteiger partial charge on any atom is -0.473 e. The second-order valence-electron chi connectivity index (χ2n) is 4.78. The van der Waals surface area contributed by atoms with Gasteiger partial charge in [-0.1, -0.05) is 36.4 Å². The summed E-state index contributed by atoms with van der Waals surface area (Å²) in [5, 5.41) is 4.80. The molecule has 2 heterocycles. The topological polar surface area (TPSA) is 64.1 Å². The van der Waals surface area contributed by atoms with Gasteiger partial charge in [-0.25, -0.2) is 9.97 Å². The number of benzene rings is 1. The van der Waals surface area contributed by atoms with Gasteiger partial charge in [0.1, 0.15) is 18.6 Å². The lowest BCUT2D eigenvalue weighted by molar-refractivity contribution is 0.0945. The van der Waals surface area contributed by atoms with Crippen LogP contribution in [0.15, 0.2) is 60.2 Å². The number of rotatable bonds is 6. The van der Waals surface area contributed by atoms with E-state index >= 15 is 0 Å². The summed E-state index contributed by atoms with van der Waals surface area (Å²) in [7, 11) is 0. The highest BCUT2D eigenvalue weighted by atomic mass is 32.1. The monoisotopic (exact) mass is 325 g/mol. The minimum atomic E-state index is -0.245. The van der Waals surface area contributed by atoms with Crippen LogP contribution in [-0.2, 0) is 13.2 Å². The molecule has 116 valence electrons. The molecule has 0 bridgehead atoms. The maximum atomic E-state index is 12.1. The van der Waals surface area contributed by atoms with Crippen molar-refractivity contribution in [3.05, 3.63) is 76.4 Å². The Bertz CT molecular complexity index is 761. The molecule has 0 fully saturated rings. The molecule has 0 saturated heterocycles. The number of carbonyl (C=O) groups is 1. The molecule has 5 nitrogen and oxygen atoms in total. The van der Waals surface area contributed by atoms with E-state index in [0.29, 0.717) is 24.7 Å². The highest BCUT2D eigenvalue weighted by molar-refractivity contribution is 7.09. The Hall–Kier alpha value is -2.73. The van der Waals surface area contributed by atoms with Gasteiger partial charge in [0.15, 0.2) is 0 Å². The summed E-state index contributed by atoms with van der Waals surface area (Å²) in [6.07, 6.45) is 1.33. The van der Waals surface area contributed by atoms with Crippen LogP contribution in [0.25, 0.3) is 0 Å². The van der Waals surface area contributed by atoms with Crippen LogP contribution in [0, 0.1) is 0 Å². The van der Waals surface area contributed by atoms with Crippen LogP contribution in [0.2, 0.25) is 0 Å². The average molecular weight is 325 g/mol. The van der Waals surface area contributed by atoms with Crippen molar-refractivity contribution in [2.45, 2.75) is 13.2 Å². The Morgan fingerprint density at radius 2 is 2.00 bits per heavy atom. The van der Waals surface area contributed by atoms with Gasteiger partial charge in [-0.05, 0) is 17.0 Å². The molecule has 0 saturated carbocycles. The molecule has 0 unspecified atom stereocenters. The van der Waals surface area contributed by atoms with Crippen LogP contribution in [0.5, 0.6) is 5.88 Å². The fourth-order valence-corrected chi connectivity index (χ4v) is 2.59. The Labute approximate surface area is 138 Å². The van der Waals surface area contributed by atoms with Crippen LogP contribution in [-0.4, -0.2) is 15.9 Å². The zero-order valence-corrected chi connectivity index (χ0v) is 13.1. The number of thiophene rings is 1. The average Bonchev–Trinajstić information content (AvgIpc) is 3.12. The molecule has 0 atom stereocenters. The number of carbonyl (C=O) groups excluding carboxylic acids is 1. The standard InChI is InChI=1S/C17H15N3O2S/c21-17(18-10-14-7-4-8-23-14)15-9-16(20-12-19-15)22-11-13-5-2-1-3-6-13/h1-9,12H,10-11H2,(H,18,21). The van der Waals surface area contributed by atoms with Crippen molar-refractivity contribution in [2.75, 3.05) is 0 Å². The van der Waals surface area contributed by atoms with Gasteiger partial charge in [0.2, 0.25) is 5.88 Å². The first kappa shape index (κ1) is 15.2. The Morgan fingerprint density at radius 3 is 2.78 bits per heavy atom. The lowest BCUT2D eigenvalue weighted by Gasteiger charge is -2.07. The summed E-state index contributed by atoms with van der Waals surface area (Å²) in [4.78, 5) is 21.2. The maximum Gasteiger partial charge on any atom is 0.270 e. The van der Waals surface area contributed by atoms with E-state index in [-0.39, 0.29) is 5.91 Å². The van der Waals surface area contributed by atoms with Gasteiger partial charge in [0.25, 0.3) is 5.91 Å². The normalized spacial score (nSPS) is 10.3. The van der Waals surface area contributed by atoms with E-state index in [1.54, 1.807) is 17.4 Å². The lowest BCUT2D eigenvalue weighted by Crippen LogP contribution is -2.23. The summed E-state index contributed by atoms with van der Waals surface area (Å²) in [6.45, 7) is 0.884. The van der Waals surface area contributed by atoms with Crippen molar-refractivity contribution in [3.8, 4) is 5.88 Å². The summed E-state index contributed by atoms with van der Waals surface area (Å²) >= 11 is 1.60. The highest BCUT2D eigenvalue weighted by Crippen LogP contribution is 2.11. The molecule has 1 N–H and O–H groups in total. The van der Waals surface area contributed by atoms with E-state index < -0.39 is 0 Å². The molecule has 0 spiro atoms. The predicted octanol–water partition coefficient (Wildman–Crippen LogP) is 3.05. The molecule has 2 aromatic heterocycles. The molecular formula is C17H15N3O2S. The first-order chi connectivity index (χ1) is 11.3. The predicted molar refractivity (Wildman–Crippen MR) is 88.3 cm³/mol. The molecule has 1 aromatic carbocycles. The van der Waals surface area contributed by atoms with E-state index in [1.807, 2.05) is 47.8 Å². The summed E-state index contributed by atoms with van der Waals surface area (Å²) in [5.74, 6) is 0.135. The summed E-state index contributed by atoms with van der Waals surface area (Å²) in [5.41, 5.74) is 1.33. The van der Waals surface area contributed by atoms with Crippen LogP contribution >= 0.6 is 11.3 Å². The molecule has 3 aromatic rings. The van der Waals surface area contributed by atoms with E-state index in [9.17, 15) is 4.79 Å². The zero-order valence-electron chi connectivity index (χ0n) is 12.3. The van der Waals surface area contributed by atoms with E-state index in [0.717, 1.165) is 10.4 Å². The third-order valence-electron chi connectivity index (χ3n) is 3.11. The number of hydrogen-bond donors (Lipinski definition) is 1. The molecular weight excluding hydrogens is 310 g/mol. The van der Waals surface area contributed by atoms with Crippen molar-refractivity contribution in [1.29, 1.82) is 0 Å². The number of nitrogens with zero attached hydrogens (tertiary/aromatic N) is 2. The molecule has 6 heteroatoms. The van der Waals surface area contributed by atoms with E-state index in [4.69, 9.17) is 4.74 Å². The second-order valence-corrected chi connectivity index (χ2v) is 5.81. The Kier molecular flexibility index (Phi) is 4.95. The van der Waals surface area contributed by atoms with Gasteiger partial charge in [-0.15, -0.1) is 11.3 Å². The molecule has 0 aliphatic carbocycles. The molecule has 23 heavy (non-hydrogen) atoms. The quantitative estimate of drug-likeness (QED) is 0.756. The smallest absolute Gasteiger partial charge is 0.270 e. The van der Waals surface area contributed by atoms with Gasteiger partial charge in [-0.3, -0.25) is 4.79 Å². The van der Waals surface area contributed by atoms with Crippen molar-refractivity contribution < 1.29 is 9.53 Å². The van der Waals surface area contributed by atoms with Gasteiger partial charge in [0, 0.05) is 10.9 Å². The number of aromatic nitrogens is 2. The third-order valence-corrected chi connectivity index (χ3v) is 3.98. The SMILES string of the molecule is O=C(NCc1cccs1)c1cc(OCc2ccccc2)ncn1. The maximum absolute atomic E-state index is 12.1. The Morgan fingerprint density at radius 1 is 1.13 bits per heavy atom. The first-order valence-corrected chi connectivity index (χ1v) is 7.98. The van der Waals surface area contributed by atoms with Crippen molar-refractivity contribution in [3.63, 3.8) is 0 Å². The third kappa shape index (κ3) is 4.37. The van der Waals surface area contributed by atoms with Crippen LogP contribution in [0.3, 0.4) is 0 Å². The molecule has 3 rings (SSSR count). The highest BCUT2D eigenvalue weighted by Gasteiger charge is 2.09. The van der Waals surface area contributed by atoms with Gasteiger partial charge < -0.3 is 10.1 Å². The molecule has 0 aliphatic heterocycles. The molecule has 0 aliphatic rings. The molecule has 1 amide bonds. The van der Waals surface area contributed by atoms with E-state index in [1.165, 1.54) is 6.33 Å². The van der Waals surface area contributed by atoms with Gasteiger partial charge in [-0.2, -0.15) is 0 Å². The number of amides is 1. The van der Waals surface area contributed by atoms with Crippen molar-refractivity contribution in [1.82, 2.24) is 15.3 Å². The van der Waals surface area contributed by atoms with Gasteiger partial charge in [0.05, 0.1) is 6.54 Å². The zero-order chi connectivity index (χ0) is 15.9. The van der Waals surface area contributed by atoms with Crippen molar-refractivity contribution >= 4 is 17.2 Å². The number of nitrogens with one attached hydrogen (secondary N) is 1. The fraction of sp³-hybridized carbons (Fsp3) is 0.118. The van der Waals surface area contributed by atoms with Crippen LogP contribution in [0.4, 0.5) is 0 Å². The Balaban J connectivity index is 1.59. The van der Waals surface area contributed by atoms with E-state index in [2.05, 4.69) is 15.3 Å². The molecule has 0 radical (unpaired) electrons. The van der Waals surface area contributed by atoms with Crippen molar-refractivity contribution in [2.24, 2.45) is 0 Å². The fourth-order valence-electron chi connectivity index (χ4n) is 1.95. The lowest BCUT2D eigenvalue weighted by atomic mass is 10.2.